The van der Waals surface area contributed by atoms with E-state index < -0.39 is 0 Å². The van der Waals surface area contributed by atoms with Gasteiger partial charge in [0.2, 0.25) is 0 Å². The molecule has 4 aromatic carbocycles. The quantitative estimate of drug-likeness (QED) is 0.310. The van der Waals surface area contributed by atoms with Gasteiger partial charge in [-0.1, -0.05) is 78.5 Å². The summed E-state index contributed by atoms with van der Waals surface area (Å²) in [4.78, 5) is 2.65. The molecule has 0 radical (unpaired) electrons. The van der Waals surface area contributed by atoms with E-state index in [0.717, 1.165) is 12.8 Å². The van der Waals surface area contributed by atoms with Crippen molar-refractivity contribution in [2.45, 2.75) is 43.4 Å². The zero-order chi connectivity index (χ0) is 20.9. The zero-order valence-electron chi connectivity index (χ0n) is 18.0. The van der Waals surface area contributed by atoms with Gasteiger partial charge in [-0.15, -0.1) is 0 Å². The first kappa shape index (κ1) is 20.5. The Morgan fingerprint density at radius 1 is 0.500 bits per heavy atom. The lowest BCUT2D eigenvalue weighted by Gasteiger charge is -2.10. The second-order valence-electron chi connectivity index (χ2n) is 8.15. The van der Waals surface area contributed by atoms with Crippen molar-refractivity contribution in [1.82, 2.24) is 0 Å². The Morgan fingerprint density at radius 3 is 1.83 bits per heavy atom. The largest absolute Gasteiger partial charge is 0.0901 e. The summed E-state index contributed by atoms with van der Waals surface area (Å²) < 4.78 is 0. The lowest BCUT2D eigenvalue weighted by Crippen LogP contribution is -1.93. The highest BCUT2D eigenvalue weighted by Gasteiger charge is 2.05. The highest BCUT2D eigenvalue weighted by atomic mass is 32.2. The van der Waals surface area contributed by atoms with Crippen molar-refractivity contribution in [3.05, 3.63) is 119 Å². The second kappa shape index (κ2) is 9.36. The Kier molecular flexibility index (Phi) is 6.40. The Morgan fingerprint density at radius 2 is 1.10 bits per heavy atom. The van der Waals surface area contributed by atoms with Crippen molar-refractivity contribution in [3.63, 3.8) is 0 Å². The molecule has 1 heteroatoms. The first-order valence-electron chi connectivity index (χ1n) is 10.6. The average Bonchev–Trinajstić information content (AvgIpc) is 2.72. The SMILES string of the molecule is Cc1cc(C)cc(Sc2cc(C)cc(CCc3cccc(-c4ccccc4)c3)c2)c1. The van der Waals surface area contributed by atoms with Crippen LogP contribution in [0.15, 0.2) is 101 Å². The number of benzene rings is 4. The van der Waals surface area contributed by atoms with E-state index in [2.05, 4.69) is 112 Å². The third-order valence-corrected chi connectivity index (χ3v) is 6.22. The summed E-state index contributed by atoms with van der Waals surface area (Å²) in [6.07, 6.45) is 2.11. The second-order valence-corrected chi connectivity index (χ2v) is 9.29. The molecule has 0 spiro atoms. The average molecular weight is 409 g/mol. The van der Waals surface area contributed by atoms with E-state index in [9.17, 15) is 0 Å². The van der Waals surface area contributed by atoms with Crippen LogP contribution in [0.1, 0.15) is 27.8 Å². The molecule has 4 aromatic rings. The lowest BCUT2D eigenvalue weighted by molar-refractivity contribution is 0.952. The Balaban J connectivity index is 1.49. The van der Waals surface area contributed by atoms with E-state index in [1.807, 2.05) is 11.8 Å². The fraction of sp³-hybridized carbons (Fsp3) is 0.172. The number of rotatable bonds is 6. The van der Waals surface area contributed by atoms with Gasteiger partial charge in [-0.2, -0.15) is 0 Å². The molecule has 0 heterocycles. The first-order valence-corrected chi connectivity index (χ1v) is 11.4. The van der Waals surface area contributed by atoms with Crippen LogP contribution in [-0.4, -0.2) is 0 Å². The van der Waals surface area contributed by atoms with Crippen LogP contribution in [0.4, 0.5) is 0 Å². The third kappa shape index (κ3) is 5.43. The summed E-state index contributed by atoms with van der Waals surface area (Å²) in [5, 5.41) is 0. The minimum atomic E-state index is 1.05. The van der Waals surface area contributed by atoms with Crippen LogP contribution < -0.4 is 0 Å². The van der Waals surface area contributed by atoms with E-state index in [1.165, 1.54) is 48.7 Å². The van der Waals surface area contributed by atoms with Gasteiger partial charge in [0.15, 0.2) is 0 Å². The van der Waals surface area contributed by atoms with E-state index in [4.69, 9.17) is 0 Å². The highest BCUT2D eigenvalue weighted by molar-refractivity contribution is 7.99. The minimum Gasteiger partial charge on any atom is -0.0901 e. The van der Waals surface area contributed by atoms with E-state index in [0.29, 0.717) is 0 Å². The fourth-order valence-electron chi connectivity index (χ4n) is 3.98. The van der Waals surface area contributed by atoms with E-state index >= 15 is 0 Å². The molecule has 0 N–H and O–H groups in total. The molecule has 0 fully saturated rings. The van der Waals surface area contributed by atoms with Crippen LogP contribution in [0, 0.1) is 20.8 Å². The smallest absolute Gasteiger partial charge is 0.0127 e. The van der Waals surface area contributed by atoms with Gasteiger partial charge in [0.1, 0.15) is 0 Å². The summed E-state index contributed by atoms with van der Waals surface area (Å²) in [5.41, 5.74) is 9.35. The van der Waals surface area contributed by atoms with Crippen LogP contribution in [0.2, 0.25) is 0 Å². The van der Waals surface area contributed by atoms with E-state index in [1.54, 1.807) is 0 Å². The standard InChI is InChI=1S/C29H28S/c1-21-14-22(2)17-28(16-21)30-29-18-23(3)15-25(20-29)13-12-24-8-7-11-27(19-24)26-9-5-4-6-10-26/h4-11,14-20H,12-13H2,1-3H3. The summed E-state index contributed by atoms with van der Waals surface area (Å²) in [5.74, 6) is 0. The van der Waals surface area contributed by atoms with Gasteiger partial charge in [-0.25, -0.2) is 0 Å². The maximum Gasteiger partial charge on any atom is 0.0127 e. The van der Waals surface area contributed by atoms with Crippen molar-refractivity contribution in [2.24, 2.45) is 0 Å². The monoisotopic (exact) mass is 408 g/mol. The van der Waals surface area contributed by atoms with Crippen molar-refractivity contribution >= 4 is 11.8 Å². The molecular formula is C29H28S. The molecule has 0 unspecified atom stereocenters. The van der Waals surface area contributed by atoms with Gasteiger partial charge < -0.3 is 0 Å². The lowest BCUT2D eigenvalue weighted by atomic mass is 9.99. The number of hydrogen-bond acceptors (Lipinski definition) is 1. The number of aryl methyl sites for hydroxylation is 5. The molecule has 0 aliphatic carbocycles. The van der Waals surface area contributed by atoms with Crippen LogP contribution in [-0.2, 0) is 12.8 Å². The molecule has 0 bridgehead atoms. The fourth-order valence-corrected chi connectivity index (χ4v) is 5.20. The van der Waals surface area contributed by atoms with Gasteiger partial charge in [0, 0.05) is 9.79 Å². The molecule has 0 saturated carbocycles. The molecule has 4 rings (SSSR count). The van der Waals surface area contributed by atoms with Crippen LogP contribution in [0.3, 0.4) is 0 Å². The minimum absolute atomic E-state index is 1.05. The Labute approximate surface area is 185 Å². The molecule has 0 aliphatic heterocycles. The topological polar surface area (TPSA) is 0 Å². The summed E-state index contributed by atoms with van der Waals surface area (Å²) >= 11 is 1.87. The first-order chi connectivity index (χ1) is 14.5. The van der Waals surface area contributed by atoms with Gasteiger partial charge in [0.25, 0.3) is 0 Å². The zero-order valence-corrected chi connectivity index (χ0v) is 18.8. The van der Waals surface area contributed by atoms with Crippen LogP contribution >= 0.6 is 11.8 Å². The van der Waals surface area contributed by atoms with Gasteiger partial charge >= 0.3 is 0 Å². The maximum absolute atomic E-state index is 2.36. The number of hydrogen-bond donors (Lipinski definition) is 0. The normalized spacial score (nSPS) is 10.9. The molecule has 0 amide bonds. The predicted molar refractivity (Wildman–Crippen MR) is 131 cm³/mol. The van der Waals surface area contributed by atoms with Gasteiger partial charge in [0.05, 0.1) is 0 Å². The Bertz CT molecular complexity index is 1120. The molecule has 0 aliphatic rings. The molecule has 0 saturated heterocycles. The molecule has 0 nitrogen and oxygen atoms in total. The highest BCUT2D eigenvalue weighted by Crippen LogP contribution is 2.31. The van der Waals surface area contributed by atoms with Crippen molar-refractivity contribution in [1.29, 1.82) is 0 Å². The summed E-state index contributed by atoms with van der Waals surface area (Å²) in [7, 11) is 0. The third-order valence-electron chi connectivity index (χ3n) is 5.28. The van der Waals surface area contributed by atoms with Crippen molar-refractivity contribution < 1.29 is 0 Å². The molecular weight excluding hydrogens is 380 g/mol. The Hall–Kier alpha value is -2.77. The van der Waals surface area contributed by atoms with Crippen molar-refractivity contribution in [3.8, 4) is 11.1 Å². The van der Waals surface area contributed by atoms with Crippen molar-refractivity contribution in [2.75, 3.05) is 0 Å². The van der Waals surface area contributed by atoms with Gasteiger partial charge in [-0.05, 0) is 96.8 Å². The van der Waals surface area contributed by atoms with Gasteiger partial charge in [-0.3, -0.25) is 0 Å². The summed E-state index contributed by atoms with van der Waals surface area (Å²) in [6.45, 7) is 6.54. The maximum atomic E-state index is 2.36. The van der Waals surface area contributed by atoms with E-state index in [-0.39, 0.29) is 0 Å². The molecule has 150 valence electrons. The molecule has 0 atom stereocenters. The molecule has 30 heavy (non-hydrogen) atoms. The predicted octanol–water partition coefficient (Wildman–Crippen LogP) is 8.22. The van der Waals surface area contributed by atoms with Crippen LogP contribution in [0.5, 0.6) is 0 Å². The summed E-state index contributed by atoms with van der Waals surface area (Å²) in [6, 6.07) is 33.3. The molecule has 0 aromatic heterocycles. The van der Waals surface area contributed by atoms with Crippen LogP contribution in [0.25, 0.3) is 11.1 Å².